The van der Waals surface area contributed by atoms with Gasteiger partial charge in [0.05, 0.1) is 6.54 Å². The molecule has 3 rings (SSSR count). The Balaban J connectivity index is 1.33. The van der Waals surface area contributed by atoms with E-state index in [0.717, 1.165) is 51.8 Å². The van der Waals surface area contributed by atoms with E-state index in [1.54, 1.807) is 12.4 Å². The number of hydrogen-bond donors (Lipinski definition) is 1. The third-order valence-electron chi connectivity index (χ3n) is 4.15. The monoisotopic (exact) mass is 315 g/mol. The lowest BCUT2D eigenvalue weighted by Crippen LogP contribution is -2.49. The fraction of sp³-hybridized carbons (Fsp3) is 0.562. The van der Waals surface area contributed by atoms with Crippen molar-refractivity contribution < 1.29 is 0 Å². The molecule has 0 aromatic carbocycles. The van der Waals surface area contributed by atoms with Crippen LogP contribution >= 0.6 is 0 Å². The molecule has 1 aliphatic heterocycles. The normalized spacial score (nSPS) is 17.3. The summed E-state index contributed by atoms with van der Waals surface area (Å²) in [4.78, 5) is 13.4. The van der Waals surface area contributed by atoms with Crippen LogP contribution in [-0.4, -0.2) is 70.0 Å². The van der Waals surface area contributed by atoms with E-state index in [1.165, 1.54) is 0 Å². The average molecular weight is 315 g/mol. The van der Waals surface area contributed by atoms with Crippen molar-refractivity contribution in [2.75, 3.05) is 44.2 Å². The third-order valence-corrected chi connectivity index (χ3v) is 4.15. The van der Waals surface area contributed by atoms with Gasteiger partial charge in [-0.3, -0.25) is 9.58 Å². The molecule has 0 unspecified atom stereocenters. The predicted molar refractivity (Wildman–Crippen MR) is 90.4 cm³/mol. The molecule has 1 N–H and O–H groups in total. The second-order valence-electron chi connectivity index (χ2n) is 5.96. The maximum absolute atomic E-state index is 4.32. The van der Waals surface area contributed by atoms with Crippen LogP contribution in [0.5, 0.6) is 0 Å². The molecule has 0 spiro atoms. The molecule has 0 bridgehead atoms. The second-order valence-corrected chi connectivity index (χ2v) is 5.96. The van der Waals surface area contributed by atoms with Gasteiger partial charge in [-0.15, -0.1) is 0 Å². The number of nitrogens with one attached hydrogen (secondary N) is 1. The lowest BCUT2D eigenvalue weighted by Gasteiger charge is -2.34. The Kier molecular flexibility index (Phi) is 5.55. The van der Waals surface area contributed by atoms with Crippen molar-refractivity contribution in [3.8, 4) is 0 Å². The number of anilines is 1. The molecule has 2 aromatic rings. The summed E-state index contributed by atoms with van der Waals surface area (Å²) in [6.45, 7) is 9.30. The highest BCUT2D eigenvalue weighted by molar-refractivity contribution is 5.29. The molecular formula is C16H25N7. The van der Waals surface area contributed by atoms with Gasteiger partial charge in [-0.05, 0) is 19.1 Å². The summed E-state index contributed by atoms with van der Waals surface area (Å²) < 4.78 is 1.97. The minimum Gasteiger partial charge on any atom is -0.338 e. The molecule has 0 aliphatic carbocycles. The summed E-state index contributed by atoms with van der Waals surface area (Å²) in [6, 6.07) is 4.24. The molecule has 1 aliphatic rings. The molecule has 0 saturated carbocycles. The van der Waals surface area contributed by atoms with E-state index in [9.17, 15) is 0 Å². The van der Waals surface area contributed by atoms with E-state index in [4.69, 9.17) is 0 Å². The smallest absolute Gasteiger partial charge is 0.225 e. The van der Waals surface area contributed by atoms with E-state index in [-0.39, 0.29) is 0 Å². The maximum atomic E-state index is 4.32. The zero-order chi connectivity index (χ0) is 15.9. The molecular weight excluding hydrogens is 290 g/mol. The Hall–Kier alpha value is -1.99. The van der Waals surface area contributed by atoms with Crippen molar-refractivity contribution in [2.45, 2.75) is 19.5 Å². The number of piperazine rings is 1. The molecule has 1 atom stereocenters. The first-order chi connectivity index (χ1) is 11.3. The Morgan fingerprint density at radius 1 is 1.09 bits per heavy atom. The van der Waals surface area contributed by atoms with Gasteiger partial charge in [-0.1, -0.05) is 0 Å². The first-order valence-electron chi connectivity index (χ1n) is 8.26. The van der Waals surface area contributed by atoms with Gasteiger partial charge in [-0.25, -0.2) is 9.97 Å². The zero-order valence-electron chi connectivity index (χ0n) is 13.7. The zero-order valence-corrected chi connectivity index (χ0v) is 13.7. The van der Waals surface area contributed by atoms with Crippen LogP contribution in [0.25, 0.3) is 0 Å². The van der Waals surface area contributed by atoms with Crippen LogP contribution < -0.4 is 10.2 Å². The SMILES string of the molecule is C[C@@H](Cn1cccn1)NCCN1CCN(c2ncccn2)CC1. The largest absolute Gasteiger partial charge is 0.338 e. The van der Waals surface area contributed by atoms with Crippen molar-refractivity contribution in [1.82, 2.24) is 30.0 Å². The fourth-order valence-corrected chi connectivity index (χ4v) is 2.85. The van der Waals surface area contributed by atoms with Gasteiger partial charge in [-0.2, -0.15) is 5.10 Å². The van der Waals surface area contributed by atoms with Crippen LogP contribution in [0.15, 0.2) is 36.9 Å². The topological polar surface area (TPSA) is 62.1 Å². The average Bonchev–Trinajstić information content (AvgIpc) is 3.09. The molecule has 0 amide bonds. The van der Waals surface area contributed by atoms with Gasteiger partial charge < -0.3 is 10.2 Å². The molecule has 0 radical (unpaired) electrons. The standard InChI is InChI=1S/C16H25N7/c1-15(14-23-8-3-6-20-23)17-7-9-21-10-12-22(13-11-21)16-18-4-2-5-19-16/h2-6,8,15,17H,7,9-14H2,1H3/t15-/m0/s1. The number of aromatic nitrogens is 4. The van der Waals surface area contributed by atoms with Crippen LogP contribution in [-0.2, 0) is 6.54 Å². The van der Waals surface area contributed by atoms with E-state index in [2.05, 4.69) is 37.1 Å². The first-order valence-corrected chi connectivity index (χ1v) is 8.26. The number of nitrogens with zero attached hydrogens (tertiary/aromatic N) is 6. The summed E-state index contributed by atoms with van der Waals surface area (Å²) in [6.07, 6.45) is 7.44. The maximum Gasteiger partial charge on any atom is 0.225 e. The van der Waals surface area contributed by atoms with Crippen LogP contribution in [0.1, 0.15) is 6.92 Å². The Labute approximate surface area is 137 Å². The van der Waals surface area contributed by atoms with Crippen molar-refractivity contribution in [1.29, 1.82) is 0 Å². The fourth-order valence-electron chi connectivity index (χ4n) is 2.85. The molecule has 1 saturated heterocycles. The lowest BCUT2D eigenvalue weighted by atomic mass is 10.3. The molecule has 124 valence electrons. The minimum atomic E-state index is 0.425. The van der Waals surface area contributed by atoms with Crippen LogP contribution in [0.4, 0.5) is 5.95 Å². The van der Waals surface area contributed by atoms with Gasteiger partial charge in [0.25, 0.3) is 0 Å². The summed E-state index contributed by atoms with van der Waals surface area (Å²) in [5.74, 6) is 0.845. The van der Waals surface area contributed by atoms with Crippen LogP contribution in [0.2, 0.25) is 0 Å². The van der Waals surface area contributed by atoms with Crippen molar-refractivity contribution in [2.24, 2.45) is 0 Å². The van der Waals surface area contributed by atoms with E-state index >= 15 is 0 Å². The molecule has 3 heterocycles. The van der Waals surface area contributed by atoms with Gasteiger partial charge in [0.1, 0.15) is 0 Å². The second kappa shape index (κ2) is 8.03. The quantitative estimate of drug-likeness (QED) is 0.802. The molecule has 7 nitrogen and oxygen atoms in total. The highest BCUT2D eigenvalue weighted by Gasteiger charge is 2.18. The Morgan fingerprint density at radius 2 is 1.87 bits per heavy atom. The van der Waals surface area contributed by atoms with E-state index < -0.39 is 0 Å². The minimum absolute atomic E-state index is 0.425. The van der Waals surface area contributed by atoms with Gasteiger partial charge >= 0.3 is 0 Å². The van der Waals surface area contributed by atoms with Crippen molar-refractivity contribution in [3.05, 3.63) is 36.9 Å². The molecule has 7 heteroatoms. The van der Waals surface area contributed by atoms with Crippen molar-refractivity contribution in [3.63, 3.8) is 0 Å². The summed E-state index contributed by atoms with van der Waals surface area (Å²) in [5.41, 5.74) is 0. The summed E-state index contributed by atoms with van der Waals surface area (Å²) in [5, 5.41) is 7.81. The van der Waals surface area contributed by atoms with Crippen LogP contribution in [0.3, 0.4) is 0 Å². The van der Waals surface area contributed by atoms with E-state index in [0.29, 0.717) is 6.04 Å². The number of rotatable bonds is 7. The molecule has 23 heavy (non-hydrogen) atoms. The lowest BCUT2D eigenvalue weighted by molar-refractivity contribution is 0.251. The highest BCUT2D eigenvalue weighted by Crippen LogP contribution is 2.09. The summed E-state index contributed by atoms with van der Waals surface area (Å²) >= 11 is 0. The predicted octanol–water partition coefficient (Wildman–Crippen LogP) is 0.473. The van der Waals surface area contributed by atoms with Crippen LogP contribution in [0, 0.1) is 0 Å². The molecule has 1 fully saturated rings. The van der Waals surface area contributed by atoms with Gasteiger partial charge in [0.15, 0.2) is 0 Å². The molecule has 2 aromatic heterocycles. The van der Waals surface area contributed by atoms with Gasteiger partial charge in [0.2, 0.25) is 5.95 Å². The van der Waals surface area contributed by atoms with Gasteiger partial charge in [0, 0.05) is 70.1 Å². The first kappa shape index (κ1) is 15.9. The number of hydrogen-bond acceptors (Lipinski definition) is 6. The Bertz CT molecular complexity index is 549. The Morgan fingerprint density at radius 3 is 2.57 bits per heavy atom. The van der Waals surface area contributed by atoms with Crippen molar-refractivity contribution >= 4 is 5.95 Å². The summed E-state index contributed by atoms with van der Waals surface area (Å²) in [7, 11) is 0. The third kappa shape index (κ3) is 4.74. The highest BCUT2D eigenvalue weighted by atomic mass is 15.3. The van der Waals surface area contributed by atoms with E-state index in [1.807, 2.05) is 29.2 Å².